The van der Waals surface area contributed by atoms with Crippen molar-refractivity contribution < 1.29 is 0 Å². The highest BCUT2D eigenvalue weighted by Gasteiger charge is 2.31. The summed E-state index contributed by atoms with van der Waals surface area (Å²) in [6.07, 6.45) is 17.0. The monoisotopic (exact) mass is 618 g/mol. The van der Waals surface area contributed by atoms with Gasteiger partial charge in [0.05, 0.1) is 29.3 Å². The minimum Gasteiger partial charge on any atom is -0.336 e. The SMILES string of the molecule is C/C=C\c1c(C)n(C2C=C(C#N)C=CC2c2c(C#N)cccc2-c2cccc(-n3c4c(c5ccccc53)CCC=C4)c2)c2ccccc12. The number of allylic oxidation sites excluding steroid dienone is 6. The topological polar surface area (TPSA) is 57.4 Å². The van der Waals surface area contributed by atoms with Crippen LogP contribution in [0.1, 0.15) is 58.9 Å². The van der Waals surface area contributed by atoms with E-state index in [0.717, 1.165) is 46.4 Å². The van der Waals surface area contributed by atoms with Crippen LogP contribution in [0.5, 0.6) is 0 Å². The van der Waals surface area contributed by atoms with Gasteiger partial charge >= 0.3 is 0 Å². The van der Waals surface area contributed by atoms with Crippen LogP contribution in [0.3, 0.4) is 0 Å². The summed E-state index contributed by atoms with van der Waals surface area (Å²) in [5.74, 6) is -0.187. The van der Waals surface area contributed by atoms with E-state index in [1.165, 1.54) is 33.1 Å². The van der Waals surface area contributed by atoms with E-state index in [-0.39, 0.29) is 12.0 Å². The van der Waals surface area contributed by atoms with Crippen LogP contribution in [0.15, 0.2) is 127 Å². The molecular formula is C44H34N4. The number of rotatable bonds is 5. The van der Waals surface area contributed by atoms with Gasteiger partial charge < -0.3 is 9.13 Å². The Morgan fingerprint density at radius 2 is 1.62 bits per heavy atom. The quantitative estimate of drug-likeness (QED) is 0.193. The van der Waals surface area contributed by atoms with Crippen LogP contribution in [0.2, 0.25) is 0 Å². The lowest BCUT2D eigenvalue weighted by Crippen LogP contribution is -2.20. The molecule has 4 heteroatoms. The minimum atomic E-state index is -0.212. The summed E-state index contributed by atoms with van der Waals surface area (Å²) in [5.41, 5.74) is 12.6. The second-order valence-corrected chi connectivity index (χ2v) is 12.6. The molecule has 0 spiro atoms. The average molecular weight is 619 g/mol. The first kappa shape index (κ1) is 29.3. The van der Waals surface area contributed by atoms with E-state index in [9.17, 15) is 10.5 Å². The lowest BCUT2D eigenvalue weighted by atomic mass is 9.79. The third-order valence-corrected chi connectivity index (χ3v) is 10.00. The van der Waals surface area contributed by atoms with E-state index in [4.69, 9.17) is 0 Å². The van der Waals surface area contributed by atoms with E-state index in [2.05, 4.69) is 144 Å². The molecule has 2 unspecified atom stereocenters. The highest BCUT2D eigenvalue weighted by Crippen LogP contribution is 2.45. The molecule has 8 rings (SSSR count). The van der Waals surface area contributed by atoms with Gasteiger partial charge in [0.25, 0.3) is 0 Å². The zero-order valence-electron chi connectivity index (χ0n) is 27.1. The van der Waals surface area contributed by atoms with Gasteiger partial charge in [-0.25, -0.2) is 0 Å². The fourth-order valence-electron chi connectivity index (χ4n) is 7.97. The Labute approximate surface area is 281 Å². The number of aromatic nitrogens is 2. The Balaban J connectivity index is 1.34. The van der Waals surface area contributed by atoms with Crippen molar-refractivity contribution in [3.8, 4) is 29.0 Å². The molecule has 0 fully saturated rings. The van der Waals surface area contributed by atoms with Gasteiger partial charge in [-0.2, -0.15) is 10.5 Å². The first-order chi connectivity index (χ1) is 23.6. The molecule has 0 saturated heterocycles. The van der Waals surface area contributed by atoms with Gasteiger partial charge in [-0.05, 0) is 97.5 Å². The van der Waals surface area contributed by atoms with Crippen LogP contribution in [0.25, 0.3) is 50.8 Å². The number of hydrogen-bond acceptors (Lipinski definition) is 2. The molecule has 0 radical (unpaired) electrons. The standard InChI is InChI=1S/C44H34N4/c1-3-12-34-29(2)47(40-20-7-4-16-36(34)40)43-25-30(27-45)23-24-39(43)44-32(28-46)14-11-19-35(44)31-13-10-15-33(26-31)48-41-21-8-5-17-37(41)38-18-6-9-22-42(38)48/h3-5,7-17,19-26,39,43H,6,18H2,1-2H3/b12-3-. The van der Waals surface area contributed by atoms with Gasteiger partial charge in [-0.3, -0.25) is 0 Å². The first-order valence-electron chi connectivity index (χ1n) is 16.6. The lowest BCUT2D eigenvalue weighted by Gasteiger charge is -2.31. The summed E-state index contributed by atoms with van der Waals surface area (Å²) in [6, 6.07) is 36.6. The number of nitriles is 2. The Morgan fingerprint density at radius 1 is 0.833 bits per heavy atom. The molecule has 0 saturated carbocycles. The molecule has 2 aromatic heterocycles. The van der Waals surface area contributed by atoms with Crippen molar-refractivity contribution in [2.75, 3.05) is 0 Å². The second-order valence-electron chi connectivity index (χ2n) is 12.6. The molecule has 48 heavy (non-hydrogen) atoms. The summed E-state index contributed by atoms with van der Waals surface area (Å²) in [6.45, 7) is 4.19. The number of benzene rings is 4. The van der Waals surface area contributed by atoms with E-state index < -0.39 is 0 Å². The van der Waals surface area contributed by atoms with Gasteiger partial charge in [0.1, 0.15) is 0 Å². The summed E-state index contributed by atoms with van der Waals surface area (Å²) in [7, 11) is 0. The maximum absolute atomic E-state index is 10.6. The van der Waals surface area contributed by atoms with Gasteiger partial charge in [0.15, 0.2) is 0 Å². The summed E-state index contributed by atoms with van der Waals surface area (Å²) < 4.78 is 4.73. The molecule has 0 amide bonds. The molecule has 230 valence electrons. The lowest BCUT2D eigenvalue weighted by molar-refractivity contribution is 0.549. The highest BCUT2D eigenvalue weighted by molar-refractivity contribution is 5.92. The summed E-state index contributed by atoms with van der Waals surface area (Å²) in [5, 5.41) is 23.1. The molecule has 2 aliphatic rings. The number of hydrogen-bond donors (Lipinski definition) is 0. The zero-order chi connectivity index (χ0) is 32.8. The van der Waals surface area contributed by atoms with Crippen molar-refractivity contribution in [1.82, 2.24) is 9.13 Å². The third-order valence-electron chi connectivity index (χ3n) is 10.00. The zero-order valence-corrected chi connectivity index (χ0v) is 27.1. The molecule has 2 heterocycles. The van der Waals surface area contributed by atoms with E-state index in [1.807, 2.05) is 25.1 Å². The molecule has 0 bridgehead atoms. The maximum atomic E-state index is 10.6. The second kappa shape index (κ2) is 11.9. The van der Waals surface area contributed by atoms with Gasteiger partial charge in [0.2, 0.25) is 0 Å². The van der Waals surface area contributed by atoms with Crippen LogP contribution < -0.4 is 0 Å². The van der Waals surface area contributed by atoms with Crippen molar-refractivity contribution in [2.45, 2.75) is 38.6 Å². The van der Waals surface area contributed by atoms with Crippen molar-refractivity contribution in [1.29, 1.82) is 10.5 Å². The smallest absolute Gasteiger partial charge is 0.0994 e. The highest BCUT2D eigenvalue weighted by atomic mass is 15.0. The Kier molecular flexibility index (Phi) is 7.28. The van der Waals surface area contributed by atoms with Crippen molar-refractivity contribution in [2.24, 2.45) is 0 Å². The number of nitrogens with zero attached hydrogens (tertiary/aromatic N) is 4. The van der Waals surface area contributed by atoms with E-state index in [0.29, 0.717) is 11.1 Å². The van der Waals surface area contributed by atoms with Crippen LogP contribution in [-0.2, 0) is 6.42 Å². The van der Waals surface area contributed by atoms with Gasteiger partial charge in [-0.1, -0.05) is 85.0 Å². The molecule has 0 aliphatic heterocycles. The third kappa shape index (κ3) is 4.57. The van der Waals surface area contributed by atoms with E-state index in [1.54, 1.807) is 0 Å². The Hall–Kier alpha value is -6.10. The number of aryl methyl sites for hydroxylation is 1. The van der Waals surface area contributed by atoms with Crippen molar-refractivity contribution >= 4 is 34.0 Å². The largest absolute Gasteiger partial charge is 0.336 e. The predicted molar refractivity (Wildman–Crippen MR) is 197 cm³/mol. The first-order valence-corrected chi connectivity index (χ1v) is 16.6. The van der Waals surface area contributed by atoms with Crippen LogP contribution in [-0.4, -0.2) is 9.13 Å². The van der Waals surface area contributed by atoms with Crippen LogP contribution in [0.4, 0.5) is 0 Å². The van der Waals surface area contributed by atoms with Crippen molar-refractivity contribution in [3.63, 3.8) is 0 Å². The molecule has 2 aliphatic carbocycles. The fraction of sp³-hybridized carbons (Fsp3) is 0.136. The van der Waals surface area contributed by atoms with Crippen molar-refractivity contribution in [3.05, 3.63) is 161 Å². The molecule has 4 nitrogen and oxygen atoms in total. The molecule has 0 N–H and O–H groups in total. The Bertz CT molecular complexity index is 2460. The van der Waals surface area contributed by atoms with Gasteiger partial charge in [-0.15, -0.1) is 0 Å². The maximum Gasteiger partial charge on any atom is 0.0994 e. The van der Waals surface area contributed by atoms with Crippen LogP contribution >= 0.6 is 0 Å². The van der Waals surface area contributed by atoms with Gasteiger partial charge in [0, 0.05) is 50.4 Å². The fourth-order valence-corrected chi connectivity index (χ4v) is 7.97. The van der Waals surface area contributed by atoms with E-state index >= 15 is 0 Å². The Morgan fingerprint density at radius 3 is 2.44 bits per heavy atom. The predicted octanol–water partition coefficient (Wildman–Crippen LogP) is 10.8. The molecular weight excluding hydrogens is 585 g/mol. The minimum absolute atomic E-state index is 0.187. The molecule has 2 atom stereocenters. The summed E-state index contributed by atoms with van der Waals surface area (Å²) in [4.78, 5) is 0. The molecule has 6 aromatic rings. The number of para-hydroxylation sites is 2. The molecule has 4 aromatic carbocycles. The average Bonchev–Trinajstić information content (AvgIpc) is 3.62. The normalized spacial score (nSPS) is 17.0. The summed E-state index contributed by atoms with van der Waals surface area (Å²) >= 11 is 0. The number of fused-ring (bicyclic) bond motifs is 4. The van der Waals surface area contributed by atoms with Crippen LogP contribution in [0, 0.1) is 29.6 Å².